The summed E-state index contributed by atoms with van der Waals surface area (Å²) in [5.74, 6) is -2.98. The highest BCUT2D eigenvalue weighted by molar-refractivity contribution is 5.96. The van der Waals surface area contributed by atoms with Gasteiger partial charge in [0.1, 0.15) is 6.04 Å². The summed E-state index contributed by atoms with van der Waals surface area (Å²) in [6.07, 6.45) is 2.17. The lowest BCUT2D eigenvalue weighted by Gasteiger charge is -2.17. The van der Waals surface area contributed by atoms with Crippen LogP contribution in [0.15, 0.2) is 18.5 Å². The Hall–Kier alpha value is -1.98. The average Bonchev–Trinajstić information content (AvgIpc) is 2.25. The Bertz CT molecular complexity index is 434. The maximum absolute atomic E-state index is 13.2. The molecule has 5 nitrogen and oxygen atoms in total. The average molecular weight is 240 g/mol. The van der Waals surface area contributed by atoms with Gasteiger partial charge in [-0.3, -0.25) is 9.78 Å². The second-order valence-corrected chi connectivity index (χ2v) is 3.89. The Morgan fingerprint density at radius 1 is 1.47 bits per heavy atom. The van der Waals surface area contributed by atoms with E-state index >= 15 is 0 Å². The van der Waals surface area contributed by atoms with Crippen LogP contribution < -0.4 is 5.32 Å². The van der Waals surface area contributed by atoms with Crippen molar-refractivity contribution in [2.45, 2.75) is 19.9 Å². The Morgan fingerprint density at radius 2 is 2.12 bits per heavy atom. The van der Waals surface area contributed by atoms with E-state index in [1.807, 2.05) is 0 Å². The number of aliphatic carboxylic acids is 1. The molecule has 1 heterocycles. The number of carbonyl (C=O) groups excluding carboxylic acids is 1. The summed E-state index contributed by atoms with van der Waals surface area (Å²) in [5.41, 5.74) is -0.216. The van der Waals surface area contributed by atoms with Gasteiger partial charge in [-0.15, -0.1) is 0 Å². The van der Waals surface area contributed by atoms with Crippen LogP contribution in [0, 0.1) is 11.7 Å². The minimum atomic E-state index is -1.15. The zero-order chi connectivity index (χ0) is 13.0. The maximum atomic E-state index is 13.2. The third-order valence-electron chi connectivity index (χ3n) is 2.24. The molecule has 6 heteroatoms. The summed E-state index contributed by atoms with van der Waals surface area (Å²) < 4.78 is 13.2. The lowest BCUT2D eigenvalue weighted by atomic mass is 10.0. The molecule has 0 unspecified atom stereocenters. The number of halogens is 1. The van der Waals surface area contributed by atoms with E-state index < -0.39 is 23.7 Å². The molecule has 1 rings (SSSR count). The number of amides is 1. The summed E-state index contributed by atoms with van der Waals surface area (Å²) in [4.78, 5) is 26.0. The molecule has 0 radical (unpaired) electrons. The molecule has 1 amide bonds. The van der Waals surface area contributed by atoms with E-state index in [-0.39, 0.29) is 11.5 Å². The minimum absolute atomic E-state index is 0.216. The number of hydrogen-bond donors (Lipinski definition) is 2. The van der Waals surface area contributed by atoms with Gasteiger partial charge < -0.3 is 10.4 Å². The van der Waals surface area contributed by atoms with E-state index in [0.717, 1.165) is 6.20 Å². The van der Waals surface area contributed by atoms with Gasteiger partial charge in [-0.2, -0.15) is 0 Å². The van der Waals surface area contributed by atoms with Crippen LogP contribution in [0.4, 0.5) is 4.39 Å². The van der Waals surface area contributed by atoms with Gasteiger partial charge in [0.05, 0.1) is 11.8 Å². The van der Waals surface area contributed by atoms with Crippen LogP contribution in [0.3, 0.4) is 0 Å². The van der Waals surface area contributed by atoms with Crippen LogP contribution in [-0.2, 0) is 4.79 Å². The van der Waals surface area contributed by atoms with Gasteiger partial charge in [0.15, 0.2) is 5.82 Å². The van der Waals surface area contributed by atoms with Crippen molar-refractivity contribution in [2.24, 2.45) is 5.92 Å². The highest BCUT2D eigenvalue weighted by atomic mass is 19.1. The monoisotopic (exact) mass is 240 g/mol. The summed E-state index contributed by atoms with van der Waals surface area (Å²) in [7, 11) is 0. The number of rotatable bonds is 4. The van der Waals surface area contributed by atoms with Crippen molar-refractivity contribution in [2.75, 3.05) is 0 Å². The second-order valence-electron chi connectivity index (χ2n) is 3.89. The molecule has 0 saturated heterocycles. The van der Waals surface area contributed by atoms with Crippen LogP contribution in [0.25, 0.3) is 0 Å². The predicted octanol–water partition coefficient (Wildman–Crippen LogP) is 1.06. The van der Waals surface area contributed by atoms with Gasteiger partial charge in [0, 0.05) is 6.20 Å². The lowest BCUT2D eigenvalue weighted by Crippen LogP contribution is -2.44. The van der Waals surface area contributed by atoms with Crippen molar-refractivity contribution in [3.8, 4) is 0 Å². The van der Waals surface area contributed by atoms with Crippen LogP contribution in [0.1, 0.15) is 24.2 Å². The number of carbonyl (C=O) groups is 2. The van der Waals surface area contributed by atoms with Crippen LogP contribution in [0.2, 0.25) is 0 Å². The minimum Gasteiger partial charge on any atom is -0.480 e. The molecular formula is C11H13FN2O3. The molecule has 0 bridgehead atoms. The highest BCUT2D eigenvalue weighted by Gasteiger charge is 2.24. The molecule has 17 heavy (non-hydrogen) atoms. The maximum Gasteiger partial charge on any atom is 0.326 e. The molecule has 0 fully saturated rings. The third kappa shape index (κ3) is 3.24. The number of pyridine rings is 1. The van der Waals surface area contributed by atoms with E-state index in [2.05, 4.69) is 10.3 Å². The molecule has 0 aliphatic carbocycles. The SMILES string of the molecule is CC(C)[C@H](NC(=O)c1ccncc1F)C(=O)O. The smallest absolute Gasteiger partial charge is 0.326 e. The van der Waals surface area contributed by atoms with Crippen molar-refractivity contribution in [1.82, 2.24) is 10.3 Å². The molecular weight excluding hydrogens is 227 g/mol. The molecule has 1 aromatic rings. The predicted molar refractivity (Wildman–Crippen MR) is 57.9 cm³/mol. The molecule has 1 aromatic heterocycles. The first-order valence-electron chi connectivity index (χ1n) is 5.06. The Morgan fingerprint density at radius 3 is 2.59 bits per heavy atom. The zero-order valence-electron chi connectivity index (χ0n) is 9.48. The van der Waals surface area contributed by atoms with Gasteiger partial charge in [-0.1, -0.05) is 13.8 Å². The Kier molecular flexibility index (Phi) is 4.14. The molecule has 0 aliphatic rings. The second kappa shape index (κ2) is 5.38. The fourth-order valence-electron chi connectivity index (χ4n) is 1.29. The van der Waals surface area contributed by atoms with Gasteiger partial charge in [0.25, 0.3) is 5.91 Å². The van der Waals surface area contributed by atoms with E-state index in [0.29, 0.717) is 0 Å². The van der Waals surface area contributed by atoms with Crippen molar-refractivity contribution in [1.29, 1.82) is 0 Å². The topological polar surface area (TPSA) is 79.3 Å². The fraction of sp³-hybridized carbons (Fsp3) is 0.364. The largest absolute Gasteiger partial charge is 0.480 e. The Labute approximate surface area is 97.7 Å². The molecule has 92 valence electrons. The van der Waals surface area contributed by atoms with Crippen molar-refractivity contribution in [3.63, 3.8) is 0 Å². The van der Waals surface area contributed by atoms with E-state index in [4.69, 9.17) is 5.11 Å². The molecule has 2 N–H and O–H groups in total. The normalized spacial score (nSPS) is 12.2. The van der Waals surface area contributed by atoms with Crippen LogP contribution in [-0.4, -0.2) is 28.0 Å². The van der Waals surface area contributed by atoms with E-state index in [1.54, 1.807) is 13.8 Å². The summed E-state index contributed by atoms with van der Waals surface area (Å²) in [6, 6.07) is 0.152. The Balaban J connectivity index is 2.85. The van der Waals surface area contributed by atoms with Gasteiger partial charge >= 0.3 is 5.97 Å². The zero-order valence-corrected chi connectivity index (χ0v) is 9.48. The van der Waals surface area contributed by atoms with Gasteiger partial charge in [-0.25, -0.2) is 9.18 Å². The van der Waals surface area contributed by atoms with Crippen molar-refractivity contribution in [3.05, 3.63) is 29.8 Å². The first-order valence-corrected chi connectivity index (χ1v) is 5.06. The number of nitrogens with one attached hydrogen (secondary N) is 1. The molecule has 0 aromatic carbocycles. The molecule has 1 atom stereocenters. The number of hydrogen-bond acceptors (Lipinski definition) is 3. The molecule has 0 spiro atoms. The third-order valence-corrected chi connectivity index (χ3v) is 2.24. The van der Waals surface area contributed by atoms with Crippen molar-refractivity contribution >= 4 is 11.9 Å². The summed E-state index contributed by atoms with van der Waals surface area (Å²) in [5, 5.41) is 11.2. The van der Waals surface area contributed by atoms with Gasteiger partial charge in [0.2, 0.25) is 0 Å². The summed E-state index contributed by atoms with van der Waals surface area (Å²) in [6.45, 7) is 3.31. The lowest BCUT2D eigenvalue weighted by molar-refractivity contribution is -0.140. The number of carboxylic acids is 1. The van der Waals surface area contributed by atoms with Crippen LogP contribution >= 0.6 is 0 Å². The first-order chi connectivity index (χ1) is 7.93. The molecule has 0 saturated carbocycles. The summed E-state index contributed by atoms with van der Waals surface area (Å²) >= 11 is 0. The number of aromatic nitrogens is 1. The highest BCUT2D eigenvalue weighted by Crippen LogP contribution is 2.07. The fourth-order valence-corrected chi connectivity index (χ4v) is 1.29. The van der Waals surface area contributed by atoms with E-state index in [9.17, 15) is 14.0 Å². The quantitative estimate of drug-likeness (QED) is 0.824. The van der Waals surface area contributed by atoms with Crippen molar-refractivity contribution < 1.29 is 19.1 Å². The molecule has 0 aliphatic heterocycles. The number of nitrogens with zero attached hydrogens (tertiary/aromatic N) is 1. The standard InChI is InChI=1S/C11H13FN2O3/c1-6(2)9(11(16)17)14-10(15)7-3-4-13-5-8(7)12/h3-6,9H,1-2H3,(H,14,15)(H,16,17)/t9-/m0/s1. The van der Waals surface area contributed by atoms with E-state index in [1.165, 1.54) is 12.3 Å². The number of carboxylic acid groups (broad SMARTS) is 1. The van der Waals surface area contributed by atoms with Gasteiger partial charge in [-0.05, 0) is 12.0 Å². The first kappa shape index (κ1) is 13.1. The van der Waals surface area contributed by atoms with Crippen LogP contribution in [0.5, 0.6) is 0 Å².